The number of carbonyl (C=O) groups excluding carboxylic acids is 2. The van der Waals surface area contributed by atoms with Gasteiger partial charge in [-0.15, -0.1) is 22.0 Å². The van der Waals surface area contributed by atoms with Crippen LogP contribution in [0.3, 0.4) is 0 Å². The molecule has 228 valence electrons. The fourth-order valence-corrected chi connectivity index (χ4v) is 7.04. The van der Waals surface area contributed by atoms with Crippen LogP contribution >= 0.6 is 34.9 Å². The van der Waals surface area contributed by atoms with Crippen LogP contribution in [0.2, 0.25) is 0 Å². The van der Waals surface area contributed by atoms with Gasteiger partial charge in [0.1, 0.15) is 35.5 Å². The monoisotopic (exact) mass is 633 g/mol. The molecule has 0 aliphatic carbocycles. The Morgan fingerprint density at radius 1 is 1.10 bits per heavy atom. The van der Waals surface area contributed by atoms with Crippen molar-refractivity contribution < 1.29 is 47.6 Å². The zero-order valence-corrected chi connectivity index (χ0v) is 24.9. The molecular formula is C22H34F3N5O7S3. The molecule has 1 aromatic rings. The average molecular weight is 634 g/mol. The van der Waals surface area contributed by atoms with Crippen molar-refractivity contribution in [1.29, 1.82) is 0 Å². The molecule has 0 saturated carbocycles. The molecule has 0 bridgehead atoms. The molecule has 0 aromatic carbocycles. The molecule has 1 aromatic heterocycles. The highest BCUT2D eigenvalue weighted by molar-refractivity contribution is 8.01. The molecule has 40 heavy (non-hydrogen) atoms. The predicted molar refractivity (Wildman–Crippen MR) is 143 cm³/mol. The summed E-state index contributed by atoms with van der Waals surface area (Å²) in [5, 5.41) is 40.9. The van der Waals surface area contributed by atoms with E-state index in [0.29, 0.717) is 35.7 Å². The van der Waals surface area contributed by atoms with Gasteiger partial charge in [-0.3, -0.25) is 4.79 Å². The lowest BCUT2D eigenvalue weighted by molar-refractivity contribution is -0.207. The number of anilines is 1. The van der Waals surface area contributed by atoms with E-state index < -0.39 is 64.9 Å². The molecule has 2 aliphatic rings. The van der Waals surface area contributed by atoms with Gasteiger partial charge in [0, 0.05) is 31.4 Å². The first-order valence-corrected chi connectivity index (χ1v) is 15.3. The highest BCUT2D eigenvalue weighted by Gasteiger charge is 2.50. The third-order valence-electron chi connectivity index (χ3n) is 6.14. The second-order valence-electron chi connectivity index (χ2n) is 10.3. The fraction of sp³-hybridized carbons (Fsp3) is 0.818. The van der Waals surface area contributed by atoms with E-state index in [1.54, 1.807) is 31.9 Å². The molecule has 18 heteroatoms. The van der Waals surface area contributed by atoms with E-state index in [2.05, 4.69) is 10.2 Å². The lowest BCUT2D eigenvalue weighted by Gasteiger charge is -2.44. The SMILES string of the molecule is CSC1OC(C(NC(=O)C(F)(F)F)C(C)Sc2nnc(N3CCN(C(=O)OC(C)(C)C)CC3)s2)C(O)C(O)C1O. The van der Waals surface area contributed by atoms with E-state index in [0.717, 1.165) is 23.5 Å². The van der Waals surface area contributed by atoms with E-state index in [1.807, 2.05) is 10.2 Å². The van der Waals surface area contributed by atoms with Crippen molar-refractivity contribution in [2.75, 3.05) is 37.3 Å². The van der Waals surface area contributed by atoms with E-state index in [1.165, 1.54) is 18.3 Å². The third-order valence-corrected chi connectivity index (χ3v) is 9.26. The number of nitrogens with one attached hydrogen (secondary N) is 1. The molecule has 7 atom stereocenters. The van der Waals surface area contributed by atoms with Crippen LogP contribution in [0.25, 0.3) is 0 Å². The van der Waals surface area contributed by atoms with Crippen molar-refractivity contribution in [3.05, 3.63) is 0 Å². The Balaban J connectivity index is 1.70. The summed E-state index contributed by atoms with van der Waals surface area (Å²) in [6.07, 6.45) is -10.5. The van der Waals surface area contributed by atoms with E-state index in [4.69, 9.17) is 9.47 Å². The summed E-state index contributed by atoms with van der Waals surface area (Å²) in [6.45, 7) is 8.63. The second kappa shape index (κ2) is 13.2. The maximum atomic E-state index is 13.1. The number of hydrogen-bond donors (Lipinski definition) is 4. The maximum absolute atomic E-state index is 13.1. The van der Waals surface area contributed by atoms with Gasteiger partial charge in [0.05, 0.1) is 6.04 Å². The number of aromatic nitrogens is 2. The Morgan fingerprint density at radius 3 is 2.27 bits per heavy atom. The van der Waals surface area contributed by atoms with Gasteiger partial charge in [0.2, 0.25) is 5.13 Å². The van der Waals surface area contributed by atoms with Crippen LogP contribution in [-0.4, -0.2) is 128 Å². The normalized spacial score (nSPS) is 27.7. The summed E-state index contributed by atoms with van der Waals surface area (Å²) in [6, 6.07) is -1.42. The van der Waals surface area contributed by atoms with Crippen molar-refractivity contribution in [2.24, 2.45) is 0 Å². The number of hydrogen-bond acceptors (Lipinski definition) is 13. The van der Waals surface area contributed by atoms with E-state index in [-0.39, 0.29) is 0 Å². The maximum Gasteiger partial charge on any atom is 0.471 e. The van der Waals surface area contributed by atoms with Crippen LogP contribution in [0.1, 0.15) is 27.7 Å². The minimum Gasteiger partial charge on any atom is -0.444 e. The molecule has 4 N–H and O–H groups in total. The van der Waals surface area contributed by atoms with Crippen molar-refractivity contribution in [2.45, 2.75) is 85.0 Å². The molecule has 0 spiro atoms. The molecule has 0 radical (unpaired) electrons. The van der Waals surface area contributed by atoms with Gasteiger partial charge in [-0.25, -0.2) is 4.79 Å². The Bertz CT molecular complexity index is 1020. The molecule has 2 amide bonds. The largest absolute Gasteiger partial charge is 0.471 e. The fourth-order valence-electron chi connectivity index (χ4n) is 4.08. The summed E-state index contributed by atoms with van der Waals surface area (Å²) < 4.78 is 50.9. The molecular weight excluding hydrogens is 599 g/mol. The minimum atomic E-state index is -5.20. The van der Waals surface area contributed by atoms with Gasteiger partial charge in [-0.2, -0.15) is 13.2 Å². The smallest absolute Gasteiger partial charge is 0.444 e. The third kappa shape index (κ3) is 8.25. The van der Waals surface area contributed by atoms with Crippen LogP contribution in [0.5, 0.6) is 0 Å². The average Bonchev–Trinajstić information content (AvgIpc) is 3.33. The second-order valence-corrected chi connectivity index (χ2v) is 13.8. The summed E-state index contributed by atoms with van der Waals surface area (Å²) in [5.74, 6) is -2.23. The first-order chi connectivity index (χ1) is 18.5. The summed E-state index contributed by atoms with van der Waals surface area (Å²) >= 11 is 3.20. The topological polar surface area (TPSA) is 158 Å². The first-order valence-electron chi connectivity index (χ1n) is 12.3. The summed E-state index contributed by atoms with van der Waals surface area (Å²) in [7, 11) is 0. The number of aliphatic hydroxyl groups excluding tert-OH is 3. The first kappa shape index (κ1) is 32.9. The van der Waals surface area contributed by atoms with Crippen molar-refractivity contribution in [3.63, 3.8) is 0 Å². The molecule has 7 unspecified atom stereocenters. The van der Waals surface area contributed by atoms with Crippen molar-refractivity contribution in [1.82, 2.24) is 20.4 Å². The molecule has 3 heterocycles. The molecule has 2 aliphatic heterocycles. The number of thioether (sulfide) groups is 2. The molecule has 3 rings (SSSR count). The Morgan fingerprint density at radius 2 is 1.73 bits per heavy atom. The number of amides is 2. The van der Waals surface area contributed by atoms with E-state index >= 15 is 0 Å². The van der Waals surface area contributed by atoms with Gasteiger partial charge in [0.15, 0.2) is 4.34 Å². The standard InChI is InChI=1S/C22H34F3N5O7S3/c1-10(11(26-17(34)22(23,24)25)15-13(32)12(31)14(33)16(36-15)38-5)39-19-28-27-18(40-19)29-6-8-30(9-7-29)20(35)37-21(2,3)4/h10-16,31-33H,6-9H2,1-5H3,(H,26,34). The number of aliphatic hydroxyl groups is 3. The lowest BCUT2D eigenvalue weighted by atomic mass is 9.93. The van der Waals surface area contributed by atoms with E-state index in [9.17, 15) is 38.1 Å². The van der Waals surface area contributed by atoms with Crippen LogP contribution in [0.15, 0.2) is 4.34 Å². The highest BCUT2D eigenvalue weighted by Crippen LogP contribution is 2.36. The van der Waals surface area contributed by atoms with Gasteiger partial charge >= 0.3 is 18.2 Å². The van der Waals surface area contributed by atoms with Gasteiger partial charge < -0.3 is 39.9 Å². The Kier molecular flexibility index (Phi) is 10.8. The number of piperazine rings is 1. The number of carbonyl (C=O) groups is 2. The van der Waals surface area contributed by atoms with Crippen LogP contribution in [0, 0.1) is 0 Å². The van der Waals surface area contributed by atoms with Crippen LogP contribution < -0.4 is 10.2 Å². The van der Waals surface area contributed by atoms with Crippen molar-refractivity contribution >= 4 is 52.0 Å². The number of halogens is 3. The van der Waals surface area contributed by atoms with Gasteiger partial charge in [0.25, 0.3) is 0 Å². The number of nitrogens with zero attached hydrogens (tertiary/aromatic N) is 4. The zero-order chi connectivity index (χ0) is 30.0. The Hall–Kier alpha value is -1.57. The van der Waals surface area contributed by atoms with Crippen LogP contribution in [0.4, 0.5) is 23.1 Å². The molecule has 2 saturated heterocycles. The summed E-state index contributed by atoms with van der Waals surface area (Å²) in [4.78, 5) is 27.7. The van der Waals surface area contributed by atoms with Gasteiger partial charge in [-0.05, 0) is 27.0 Å². The highest BCUT2D eigenvalue weighted by atomic mass is 32.2. The summed E-state index contributed by atoms with van der Waals surface area (Å²) in [5.41, 5.74) is -1.65. The van der Waals surface area contributed by atoms with Crippen molar-refractivity contribution in [3.8, 4) is 0 Å². The minimum absolute atomic E-state index is 0.385. The zero-order valence-electron chi connectivity index (χ0n) is 22.5. The quantitative estimate of drug-likeness (QED) is 0.320. The molecule has 2 fully saturated rings. The van der Waals surface area contributed by atoms with Crippen LogP contribution in [-0.2, 0) is 14.3 Å². The number of alkyl halides is 3. The number of ether oxygens (including phenoxy) is 2. The number of rotatable bonds is 7. The van der Waals surface area contributed by atoms with Gasteiger partial charge in [-0.1, -0.05) is 30.0 Å². The lowest BCUT2D eigenvalue weighted by Crippen LogP contribution is -2.65. The predicted octanol–water partition coefficient (Wildman–Crippen LogP) is 1.29. The molecule has 12 nitrogen and oxygen atoms in total. The Labute approximate surface area is 242 Å².